The maximum Gasteiger partial charge on any atom is 0.291 e. The number of nitrogens with two attached hydrogens (primary N) is 1. The van der Waals surface area contributed by atoms with Gasteiger partial charge in [-0.15, -0.1) is 5.10 Å². The number of halogens is 1. The molecule has 150 valence electrons. The molecule has 9 heteroatoms. The van der Waals surface area contributed by atoms with Gasteiger partial charge in [0, 0.05) is 18.5 Å². The number of rotatable bonds is 6. The average molecular weight is 388 g/mol. The third-order valence-electron chi connectivity index (χ3n) is 4.62. The van der Waals surface area contributed by atoms with Gasteiger partial charge < -0.3 is 11.1 Å². The fraction of sp³-hybridized carbons (Fsp3) is 0.474. The van der Waals surface area contributed by atoms with E-state index in [1.807, 2.05) is 18.7 Å². The molecular weight excluding hydrogens is 363 g/mol. The summed E-state index contributed by atoms with van der Waals surface area (Å²) in [6, 6.07) is 5.90. The fourth-order valence-corrected chi connectivity index (χ4v) is 3.38. The first-order chi connectivity index (χ1) is 13.3. The van der Waals surface area contributed by atoms with E-state index in [-0.39, 0.29) is 42.0 Å². The number of carbonyl (C=O) groups excluding carboxylic acids is 2. The van der Waals surface area contributed by atoms with Crippen molar-refractivity contribution in [2.24, 2.45) is 5.73 Å². The van der Waals surface area contributed by atoms with Crippen LogP contribution in [0.1, 0.15) is 49.1 Å². The van der Waals surface area contributed by atoms with Gasteiger partial charge >= 0.3 is 0 Å². The summed E-state index contributed by atoms with van der Waals surface area (Å²) in [6.07, 6.45) is 1.67. The maximum atomic E-state index is 13.6. The van der Waals surface area contributed by atoms with Crippen LogP contribution in [0.4, 0.5) is 4.39 Å². The zero-order chi connectivity index (χ0) is 20.3. The van der Waals surface area contributed by atoms with Crippen molar-refractivity contribution in [1.29, 1.82) is 0 Å². The highest BCUT2D eigenvalue weighted by molar-refractivity contribution is 5.90. The highest BCUT2D eigenvalue weighted by Gasteiger charge is 2.25. The molecule has 1 atom stereocenters. The molecule has 1 saturated heterocycles. The lowest BCUT2D eigenvalue weighted by Crippen LogP contribution is -2.49. The first-order valence-corrected chi connectivity index (χ1v) is 9.38. The summed E-state index contributed by atoms with van der Waals surface area (Å²) in [6.45, 7) is 5.38. The minimum atomic E-state index is -0.386. The highest BCUT2D eigenvalue weighted by atomic mass is 19.1. The minimum Gasteiger partial charge on any atom is -0.369 e. The van der Waals surface area contributed by atoms with Crippen LogP contribution in [-0.2, 0) is 4.79 Å². The molecule has 0 spiro atoms. The topological polar surface area (TPSA) is 106 Å². The van der Waals surface area contributed by atoms with Crippen LogP contribution in [-0.4, -0.2) is 57.2 Å². The van der Waals surface area contributed by atoms with Crippen molar-refractivity contribution in [3.63, 3.8) is 0 Å². The van der Waals surface area contributed by atoms with Gasteiger partial charge in [0.25, 0.3) is 5.91 Å². The molecule has 0 aliphatic carbocycles. The number of likely N-dealkylation sites (tertiary alicyclic amines) is 1. The van der Waals surface area contributed by atoms with E-state index >= 15 is 0 Å². The van der Waals surface area contributed by atoms with Crippen LogP contribution >= 0.6 is 0 Å². The van der Waals surface area contributed by atoms with Crippen LogP contribution in [0.3, 0.4) is 0 Å². The number of aromatic nitrogens is 3. The van der Waals surface area contributed by atoms with E-state index in [9.17, 15) is 14.0 Å². The quantitative estimate of drug-likeness (QED) is 0.774. The number of piperidine rings is 1. The van der Waals surface area contributed by atoms with E-state index < -0.39 is 0 Å². The molecule has 2 aromatic rings. The molecule has 3 N–H and O–H groups in total. The van der Waals surface area contributed by atoms with E-state index in [1.54, 1.807) is 12.1 Å². The predicted molar refractivity (Wildman–Crippen MR) is 102 cm³/mol. The van der Waals surface area contributed by atoms with E-state index in [2.05, 4.69) is 15.4 Å². The Morgan fingerprint density at radius 2 is 2.18 bits per heavy atom. The van der Waals surface area contributed by atoms with E-state index in [4.69, 9.17) is 5.73 Å². The number of benzene rings is 1. The molecule has 0 bridgehead atoms. The Balaban J connectivity index is 1.77. The molecule has 8 nitrogen and oxygen atoms in total. The van der Waals surface area contributed by atoms with Gasteiger partial charge in [-0.2, -0.15) is 0 Å². The summed E-state index contributed by atoms with van der Waals surface area (Å²) in [5, 5.41) is 7.25. The Morgan fingerprint density at radius 1 is 1.39 bits per heavy atom. The van der Waals surface area contributed by atoms with Gasteiger partial charge in [0.2, 0.25) is 11.7 Å². The zero-order valence-electron chi connectivity index (χ0n) is 16.1. The van der Waals surface area contributed by atoms with Gasteiger partial charge in [-0.05, 0) is 37.6 Å². The van der Waals surface area contributed by atoms with Crippen LogP contribution in [0.5, 0.6) is 0 Å². The Labute approximate surface area is 162 Å². The Morgan fingerprint density at radius 3 is 2.86 bits per heavy atom. The zero-order valence-corrected chi connectivity index (χ0v) is 16.1. The Kier molecular flexibility index (Phi) is 6.03. The lowest BCUT2D eigenvalue weighted by Gasteiger charge is -2.31. The molecule has 1 aromatic carbocycles. The van der Waals surface area contributed by atoms with E-state index in [1.165, 1.54) is 16.8 Å². The molecule has 0 radical (unpaired) electrons. The lowest BCUT2D eigenvalue weighted by molar-refractivity contribution is -0.119. The third kappa shape index (κ3) is 4.72. The van der Waals surface area contributed by atoms with E-state index in [0.717, 1.165) is 19.4 Å². The van der Waals surface area contributed by atoms with Crippen molar-refractivity contribution in [2.75, 3.05) is 19.6 Å². The van der Waals surface area contributed by atoms with Crippen LogP contribution in [0.15, 0.2) is 24.3 Å². The smallest absolute Gasteiger partial charge is 0.291 e. The first kappa shape index (κ1) is 19.9. The molecule has 1 aliphatic heterocycles. The van der Waals surface area contributed by atoms with Gasteiger partial charge in [0.15, 0.2) is 0 Å². The van der Waals surface area contributed by atoms with Gasteiger partial charge in [0.1, 0.15) is 11.6 Å². The Bertz CT molecular complexity index is 866. The summed E-state index contributed by atoms with van der Waals surface area (Å²) < 4.78 is 15.1. The summed E-state index contributed by atoms with van der Waals surface area (Å²) >= 11 is 0. The van der Waals surface area contributed by atoms with Crippen molar-refractivity contribution in [3.05, 3.63) is 41.7 Å². The number of amides is 2. The van der Waals surface area contributed by atoms with Gasteiger partial charge in [0.05, 0.1) is 12.2 Å². The molecular formula is C19H25FN6O2. The number of carbonyl (C=O) groups is 2. The third-order valence-corrected chi connectivity index (χ3v) is 4.62. The SMILES string of the molecule is CC(C)c1nc(C(=O)NC2CCCN(CC(N)=O)C2)nn1-c1cccc(F)c1. The van der Waals surface area contributed by atoms with Crippen LogP contribution in [0.2, 0.25) is 0 Å². The molecule has 0 saturated carbocycles. The number of nitrogens with zero attached hydrogens (tertiary/aromatic N) is 4. The van der Waals surface area contributed by atoms with Gasteiger partial charge in [-0.25, -0.2) is 14.1 Å². The first-order valence-electron chi connectivity index (χ1n) is 9.38. The number of hydrogen-bond acceptors (Lipinski definition) is 5. The van der Waals surface area contributed by atoms with Crippen molar-refractivity contribution in [1.82, 2.24) is 25.0 Å². The average Bonchev–Trinajstić information content (AvgIpc) is 3.07. The maximum absolute atomic E-state index is 13.6. The number of primary amides is 1. The van der Waals surface area contributed by atoms with Crippen molar-refractivity contribution in [2.45, 2.75) is 38.6 Å². The molecule has 1 unspecified atom stereocenters. The molecule has 2 heterocycles. The summed E-state index contributed by atoms with van der Waals surface area (Å²) in [4.78, 5) is 30.1. The molecule has 28 heavy (non-hydrogen) atoms. The predicted octanol–water partition coefficient (Wildman–Crippen LogP) is 1.21. The number of nitrogens with one attached hydrogen (secondary N) is 1. The molecule has 1 aliphatic rings. The van der Waals surface area contributed by atoms with Gasteiger partial charge in [-0.1, -0.05) is 19.9 Å². The molecule has 3 rings (SSSR count). The second-order valence-electron chi connectivity index (χ2n) is 7.35. The lowest BCUT2D eigenvalue weighted by atomic mass is 10.1. The summed E-state index contributed by atoms with van der Waals surface area (Å²) in [5.74, 6) is -0.537. The van der Waals surface area contributed by atoms with Gasteiger partial charge in [-0.3, -0.25) is 14.5 Å². The molecule has 1 fully saturated rings. The van der Waals surface area contributed by atoms with Crippen LogP contribution < -0.4 is 11.1 Å². The molecule has 1 aromatic heterocycles. The summed E-state index contributed by atoms with van der Waals surface area (Å²) in [7, 11) is 0. The Hall–Kier alpha value is -2.81. The second-order valence-corrected chi connectivity index (χ2v) is 7.35. The molecule has 2 amide bonds. The van der Waals surface area contributed by atoms with Crippen LogP contribution in [0.25, 0.3) is 5.69 Å². The monoisotopic (exact) mass is 388 g/mol. The highest BCUT2D eigenvalue weighted by Crippen LogP contribution is 2.18. The fourth-order valence-electron chi connectivity index (χ4n) is 3.38. The minimum absolute atomic E-state index is 0.00180. The normalized spacial score (nSPS) is 17.6. The number of hydrogen-bond donors (Lipinski definition) is 2. The largest absolute Gasteiger partial charge is 0.369 e. The van der Waals surface area contributed by atoms with Crippen molar-refractivity contribution < 1.29 is 14.0 Å². The van der Waals surface area contributed by atoms with Crippen molar-refractivity contribution in [3.8, 4) is 5.69 Å². The van der Waals surface area contributed by atoms with E-state index in [0.29, 0.717) is 18.1 Å². The second kappa shape index (κ2) is 8.47. The van der Waals surface area contributed by atoms with Crippen LogP contribution in [0, 0.1) is 5.82 Å². The van der Waals surface area contributed by atoms with Crippen molar-refractivity contribution >= 4 is 11.8 Å². The summed E-state index contributed by atoms with van der Waals surface area (Å²) in [5.41, 5.74) is 5.77. The standard InChI is InChI=1S/C19H25FN6O2/c1-12(2)18-23-17(24-26(18)15-7-3-5-13(20)9-15)19(28)22-14-6-4-8-25(10-14)11-16(21)27/h3,5,7,9,12,14H,4,6,8,10-11H2,1-2H3,(H2,21,27)(H,22,28).